The van der Waals surface area contributed by atoms with E-state index in [-0.39, 0.29) is 17.0 Å². The molecule has 0 aliphatic carbocycles. The second-order valence-corrected chi connectivity index (χ2v) is 4.82. The minimum absolute atomic E-state index is 0.0470. The van der Waals surface area contributed by atoms with Gasteiger partial charge in [0.2, 0.25) is 0 Å². The Labute approximate surface area is 121 Å². The lowest BCUT2D eigenvalue weighted by atomic mass is 9.98. The number of ether oxygens (including phenoxy) is 1. The molecular weight excluding hydrogens is 284 g/mol. The van der Waals surface area contributed by atoms with Gasteiger partial charge >= 0.3 is 0 Å². The molecule has 0 bridgehead atoms. The fraction of sp³-hybridized carbons (Fsp3) is 0.200. The number of hydrogen-bond acceptors (Lipinski definition) is 2. The molecule has 0 aliphatic rings. The Bertz CT molecular complexity index is 619. The zero-order chi connectivity index (χ0) is 14.7. The maximum atomic E-state index is 13.9. The second kappa shape index (κ2) is 6.20. The predicted octanol–water partition coefficient (Wildman–Crippen LogP) is 3.87. The van der Waals surface area contributed by atoms with Gasteiger partial charge in [-0.3, -0.25) is 0 Å². The van der Waals surface area contributed by atoms with Crippen LogP contribution in [0.25, 0.3) is 0 Å². The molecule has 2 N–H and O–H groups in total. The number of methoxy groups -OCH3 is 1. The van der Waals surface area contributed by atoms with Crippen LogP contribution in [0, 0.1) is 11.6 Å². The molecule has 5 heteroatoms. The van der Waals surface area contributed by atoms with Crippen molar-refractivity contribution >= 4 is 11.6 Å². The first-order chi connectivity index (χ1) is 9.52. The van der Waals surface area contributed by atoms with E-state index in [2.05, 4.69) is 0 Å². The lowest BCUT2D eigenvalue weighted by Crippen LogP contribution is -2.16. The maximum Gasteiger partial charge on any atom is 0.142 e. The summed E-state index contributed by atoms with van der Waals surface area (Å²) in [5, 5.41) is 0.0470. The zero-order valence-corrected chi connectivity index (χ0v) is 11.6. The molecule has 0 aliphatic heterocycles. The van der Waals surface area contributed by atoms with Gasteiger partial charge in [-0.1, -0.05) is 23.7 Å². The molecule has 2 aromatic rings. The Balaban J connectivity index is 2.28. The smallest absolute Gasteiger partial charge is 0.142 e. The summed E-state index contributed by atoms with van der Waals surface area (Å²) in [6, 6.07) is 8.30. The minimum Gasteiger partial charge on any atom is -0.496 e. The molecule has 2 rings (SSSR count). The highest BCUT2D eigenvalue weighted by Crippen LogP contribution is 2.29. The highest BCUT2D eigenvalue weighted by molar-refractivity contribution is 6.30. The van der Waals surface area contributed by atoms with Crippen LogP contribution in [0.2, 0.25) is 5.02 Å². The van der Waals surface area contributed by atoms with Crippen molar-refractivity contribution in [1.82, 2.24) is 0 Å². The van der Waals surface area contributed by atoms with Crippen LogP contribution in [0.4, 0.5) is 8.78 Å². The van der Waals surface area contributed by atoms with E-state index in [1.165, 1.54) is 25.3 Å². The van der Waals surface area contributed by atoms with Crippen LogP contribution >= 0.6 is 11.6 Å². The van der Waals surface area contributed by atoms with E-state index in [9.17, 15) is 8.78 Å². The van der Waals surface area contributed by atoms with Gasteiger partial charge in [-0.05, 0) is 36.2 Å². The van der Waals surface area contributed by atoms with Gasteiger partial charge in [-0.15, -0.1) is 0 Å². The van der Waals surface area contributed by atoms with Crippen molar-refractivity contribution in [3.8, 4) is 5.75 Å². The van der Waals surface area contributed by atoms with Gasteiger partial charge in [0.05, 0.1) is 12.1 Å². The summed E-state index contributed by atoms with van der Waals surface area (Å²) in [6.45, 7) is 0. The maximum absolute atomic E-state index is 13.9. The standard InChI is InChI=1S/C15H14ClF2NO/c1-20-14-4-2-3-11(17)15(14)13(19)8-9-5-6-10(16)12(18)7-9/h2-7,13H,8,19H2,1H3. The Hall–Kier alpha value is -1.65. The van der Waals surface area contributed by atoms with E-state index in [4.69, 9.17) is 22.1 Å². The van der Waals surface area contributed by atoms with E-state index in [0.717, 1.165) is 0 Å². The molecular formula is C15H14ClF2NO. The first kappa shape index (κ1) is 14.8. The van der Waals surface area contributed by atoms with Gasteiger partial charge in [-0.2, -0.15) is 0 Å². The SMILES string of the molecule is COc1cccc(F)c1C(N)Cc1ccc(Cl)c(F)c1. The normalized spacial score (nSPS) is 12.2. The fourth-order valence-corrected chi connectivity index (χ4v) is 2.20. The van der Waals surface area contributed by atoms with E-state index in [1.807, 2.05) is 0 Å². The van der Waals surface area contributed by atoms with Crippen LogP contribution in [0.5, 0.6) is 5.75 Å². The molecule has 1 atom stereocenters. The van der Waals surface area contributed by atoms with Crippen molar-refractivity contribution in [2.45, 2.75) is 12.5 Å². The highest BCUT2D eigenvalue weighted by Gasteiger charge is 2.17. The summed E-state index contributed by atoms with van der Waals surface area (Å²) in [6.07, 6.45) is 0.283. The lowest BCUT2D eigenvalue weighted by molar-refractivity contribution is 0.399. The molecule has 20 heavy (non-hydrogen) atoms. The van der Waals surface area contributed by atoms with Crippen molar-refractivity contribution in [3.05, 3.63) is 64.2 Å². The van der Waals surface area contributed by atoms with Crippen molar-refractivity contribution in [2.75, 3.05) is 7.11 Å². The molecule has 2 aromatic carbocycles. The van der Waals surface area contributed by atoms with E-state index in [1.54, 1.807) is 18.2 Å². The van der Waals surface area contributed by atoms with Crippen LogP contribution in [0.1, 0.15) is 17.2 Å². The molecule has 1 unspecified atom stereocenters. The van der Waals surface area contributed by atoms with Crippen LogP contribution in [-0.2, 0) is 6.42 Å². The summed E-state index contributed by atoms with van der Waals surface area (Å²) >= 11 is 5.62. The number of nitrogens with two attached hydrogens (primary N) is 1. The lowest BCUT2D eigenvalue weighted by Gasteiger charge is -2.16. The van der Waals surface area contributed by atoms with Crippen molar-refractivity contribution in [1.29, 1.82) is 0 Å². The predicted molar refractivity (Wildman–Crippen MR) is 75.0 cm³/mol. The molecule has 0 radical (unpaired) electrons. The van der Waals surface area contributed by atoms with Crippen LogP contribution in [0.15, 0.2) is 36.4 Å². The summed E-state index contributed by atoms with van der Waals surface area (Å²) < 4.78 is 32.4. The van der Waals surface area contributed by atoms with Gasteiger partial charge < -0.3 is 10.5 Å². The van der Waals surface area contributed by atoms with E-state index in [0.29, 0.717) is 11.3 Å². The largest absolute Gasteiger partial charge is 0.496 e. The molecule has 2 nitrogen and oxygen atoms in total. The van der Waals surface area contributed by atoms with Crippen LogP contribution in [0.3, 0.4) is 0 Å². The Morgan fingerprint density at radius 1 is 1.20 bits per heavy atom. The molecule has 0 saturated carbocycles. The number of halogens is 3. The average Bonchev–Trinajstić information content (AvgIpc) is 2.42. The molecule has 0 fully saturated rings. The van der Waals surface area contributed by atoms with Crippen molar-refractivity contribution < 1.29 is 13.5 Å². The quantitative estimate of drug-likeness (QED) is 0.930. The third-order valence-corrected chi connectivity index (χ3v) is 3.35. The number of hydrogen-bond donors (Lipinski definition) is 1. The minimum atomic E-state index is -0.633. The summed E-state index contributed by atoms with van der Waals surface area (Å²) in [5.74, 6) is -0.574. The monoisotopic (exact) mass is 297 g/mol. The first-order valence-corrected chi connectivity index (χ1v) is 6.42. The third kappa shape index (κ3) is 3.08. The molecule has 0 aromatic heterocycles. The molecule has 0 amide bonds. The molecule has 106 valence electrons. The zero-order valence-electron chi connectivity index (χ0n) is 10.9. The van der Waals surface area contributed by atoms with Crippen LogP contribution in [-0.4, -0.2) is 7.11 Å². The van der Waals surface area contributed by atoms with Crippen molar-refractivity contribution in [3.63, 3.8) is 0 Å². The molecule has 0 spiro atoms. The van der Waals surface area contributed by atoms with Crippen molar-refractivity contribution in [2.24, 2.45) is 5.73 Å². The van der Waals surface area contributed by atoms with Gasteiger partial charge in [0.1, 0.15) is 17.4 Å². The fourth-order valence-electron chi connectivity index (χ4n) is 2.08. The highest BCUT2D eigenvalue weighted by atomic mass is 35.5. The van der Waals surface area contributed by atoms with E-state index < -0.39 is 17.7 Å². The van der Waals surface area contributed by atoms with Gasteiger partial charge in [0.15, 0.2) is 0 Å². The summed E-state index contributed by atoms with van der Waals surface area (Å²) in [5.41, 5.74) is 6.94. The third-order valence-electron chi connectivity index (χ3n) is 3.04. The van der Waals surface area contributed by atoms with E-state index >= 15 is 0 Å². The summed E-state index contributed by atoms with van der Waals surface area (Å²) in [4.78, 5) is 0. The first-order valence-electron chi connectivity index (χ1n) is 6.05. The molecule has 0 saturated heterocycles. The van der Waals surface area contributed by atoms with Crippen LogP contribution < -0.4 is 10.5 Å². The second-order valence-electron chi connectivity index (χ2n) is 4.41. The Morgan fingerprint density at radius 3 is 2.60 bits per heavy atom. The topological polar surface area (TPSA) is 35.2 Å². The summed E-state index contributed by atoms with van der Waals surface area (Å²) in [7, 11) is 1.45. The van der Waals surface area contributed by atoms with Gasteiger partial charge in [-0.25, -0.2) is 8.78 Å². The average molecular weight is 298 g/mol. The Kier molecular flexibility index (Phi) is 4.57. The number of rotatable bonds is 4. The van der Waals surface area contributed by atoms with Gasteiger partial charge in [0.25, 0.3) is 0 Å². The van der Waals surface area contributed by atoms with Gasteiger partial charge in [0, 0.05) is 11.6 Å². The molecule has 0 heterocycles. The number of benzene rings is 2. The Morgan fingerprint density at radius 2 is 1.95 bits per heavy atom.